The van der Waals surface area contributed by atoms with Crippen LogP contribution in [0.15, 0.2) is 30.3 Å². The summed E-state index contributed by atoms with van der Waals surface area (Å²) >= 11 is 0. The Morgan fingerprint density at radius 3 is 2.60 bits per heavy atom. The maximum Gasteiger partial charge on any atom is 0.223 e. The fourth-order valence-electron chi connectivity index (χ4n) is 4.35. The van der Waals surface area contributed by atoms with E-state index >= 15 is 0 Å². The highest BCUT2D eigenvalue weighted by Crippen LogP contribution is 2.41. The molecule has 1 aromatic carbocycles. The molecular weight excluding hydrogens is 312 g/mol. The summed E-state index contributed by atoms with van der Waals surface area (Å²) < 4.78 is 0. The first kappa shape index (κ1) is 18.4. The number of likely N-dealkylation sites (tertiary alicyclic amines) is 2. The SMILES string of the molecule is C[C@H](CO)CN1CCC2(CC1)CC(=O)N(CCCc1ccccc1)C2. The van der Waals surface area contributed by atoms with Crippen molar-refractivity contribution in [3.63, 3.8) is 0 Å². The maximum absolute atomic E-state index is 12.5. The minimum atomic E-state index is 0.211. The van der Waals surface area contributed by atoms with Crippen molar-refractivity contribution < 1.29 is 9.90 Å². The van der Waals surface area contributed by atoms with Crippen LogP contribution in [0, 0.1) is 11.3 Å². The molecule has 0 radical (unpaired) electrons. The smallest absolute Gasteiger partial charge is 0.223 e. The van der Waals surface area contributed by atoms with Crippen LogP contribution in [0.3, 0.4) is 0 Å². The van der Waals surface area contributed by atoms with Gasteiger partial charge in [0.1, 0.15) is 0 Å². The number of carbonyl (C=O) groups is 1. The summed E-state index contributed by atoms with van der Waals surface area (Å²) in [7, 11) is 0. The van der Waals surface area contributed by atoms with Crippen molar-refractivity contribution in [2.75, 3.05) is 39.3 Å². The van der Waals surface area contributed by atoms with Crippen molar-refractivity contribution in [2.45, 2.75) is 39.0 Å². The van der Waals surface area contributed by atoms with Gasteiger partial charge in [0, 0.05) is 32.7 Å². The number of amides is 1. The summed E-state index contributed by atoms with van der Waals surface area (Å²) in [5.74, 6) is 0.694. The second-order valence-electron chi connectivity index (χ2n) is 8.17. The molecule has 2 aliphatic rings. The molecule has 1 spiro atoms. The van der Waals surface area contributed by atoms with Gasteiger partial charge in [-0.3, -0.25) is 4.79 Å². The highest BCUT2D eigenvalue weighted by Gasteiger charge is 2.44. The summed E-state index contributed by atoms with van der Waals surface area (Å²) in [5.41, 5.74) is 1.57. The molecule has 0 saturated carbocycles. The normalized spacial score (nSPS) is 21.8. The molecule has 0 aromatic heterocycles. The minimum absolute atomic E-state index is 0.211. The third-order valence-corrected chi connectivity index (χ3v) is 5.94. The lowest BCUT2D eigenvalue weighted by Crippen LogP contribution is -2.43. The lowest BCUT2D eigenvalue weighted by atomic mass is 9.77. The Hall–Kier alpha value is -1.39. The van der Waals surface area contributed by atoms with E-state index in [-0.39, 0.29) is 12.0 Å². The van der Waals surface area contributed by atoms with Gasteiger partial charge in [-0.25, -0.2) is 0 Å². The van der Waals surface area contributed by atoms with Crippen LogP contribution in [0.2, 0.25) is 0 Å². The van der Waals surface area contributed by atoms with Gasteiger partial charge in [0.15, 0.2) is 0 Å². The zero-order valence-electron chi connectivity index (χ0n) is 15.5. The van der Waals surface area contributed by atoms with Crippen LogP contribution in [0.5, 0.6) is 0 Å². The van der Waals surface area contributed by atoms with E-state index in [1.54, 1.807) is 0 Å². The van der Waals surface area contributed by atoms with Crippen molar-refractivity contribution in [1.82, 2.24) is 9.80 Å². The zero-order valence-corrected chi connectivity index (χ0v) is 15.5. The van der Waals surface area contributed by atoms with Crippen molar-refractivity contribution in [2.24, 2.45) is 11.3 Å². The predicted molar refractivity (Wildman–Crippen MR) is 100 cm³/mol. The van der Waals surface area contributed by atoms with Crippen molar-refractivity contribution in [3.05, 3.63) is 35.9 Å². The number of carbonyl (C=O) groups excluding carboxylic acids is 1. The molecule has 2 heterocycles. The van der Waals surface area contributed by atoms with Crippen molar-refractivity contribution in [1.29, 1.82) is 0 Å². The third-order valence-electron chi connectivity index (χ3n) is 5.94. The second-order valence-corrected chi connectivity index (χ2v) is 8.17. The molecule has 1 atom stereocenters. The molecule has 3 rings (SSSR count). The molecular formula is C21H32N2O2. The van der Waals surface area contributed by atoms with Gasteiger partial charge in [-0.1, -0.05) is 37.3 Å². The van der Waals surface area contributed by atoms with E-state index in [1.165, 1.54) is 5.56 Å². The molecule has 25 heavy (non-hydrogen) atoms. The molecule has 2 aliphatic heterocycles. The van der Waals surface area contributed by atoms with Gasteiger partial charge < -0.3 is 14.9 Å². The van der Waals surface area contributed by atoms with Crippen LogP contribution in [-0.2, 0) is 11.2 Å². The molecule has 1 aromatic rings. The Morgan fingerprint density at radius 1 is 1.20 bits per heavy atom. The number of hydrogen-bond acceptors (Lipinski definition) is 3. The third kappa shape index (κ3) is 4.83. The summed E-state index contributed by atoms with van der Waals surface area (Å²) in [5, 5.41) is 9.23. The molecule has 4 heteroatoms. The second kappa shape index (κ2) is 8.33. The van der Waals surface area contributed by atoms with Gasteiger partial charge in [-0.15, -0.1) is 0 Å². The number of piperidine rings is 1. The molecule has 0 unspecified atom stereocenters. The lowest BCUT2D eigenvalue weighted by Gasteiger charge is -2.39. The summed E-state index contributed by atoms with van der Waals surface area (Å²) in [4.78, 5) is 17.0. The van der Waals surface area contributed by atoms with Crippen LogP contribution in [0.25, 0.3) is 0 Å². The minimum Gasteiger partial charge on any atom is -0.396 e. The highest BCUT2D eigenvalue weighted by molar-refractivity contribution is 5.79. The van der Waals surface area contributed by atoms with E-state index in [0.717, 1.165) is 64.8 Å². The van der Waals surface area contributed by atoms with Gasteiger partial charge >= 0.3 is 0 Å². The first-order valence-corrected chi connectivity index (χ1v) is 9.75. The van der Waals surface area contributed by atoms with Crippen molar-refractivity contribution >= 4 is 5.91 Å². The molecule has 1 amide bonds. The largest absolute Gasteiger partial charge is 0.396 e. The predicted octanol–water partition coefficient (Wildman–Crippen LogP) is 2.56. The van der Waals surface area contributed by atoms with Crippen LogP contribution >= 0.6 is 0 Å². The molecule has 4 nitrogen and oxygen atoms in total. The Kier molecular flexibility index (Phi) is 6.13. The molecule has 0 aliphatic carbocycles. The standard InChI is InChI=1S/C21H32N2O2/c1-18(16-24)15-22-12-9-21(10-13-22)14-20(25)23(17-21)11-5-8-19-6-3-2-4-7-19/h2-4,6-7,18,24H,5,8-17H2,1H3/t18-/m0/s1. The first-order chi connectivity index (χ1) is 12.1. The summed E-state index contributed by atoms with van der Waals surface area (Å²) in [6.45, 7) is 7.30. The number of aryl methyl sites for hydroxylation is 1. The van der Waals surface area contributed by atoms with Gasteiger partial charge in [0.05, 0.1) is 0 Å². The van der Waals surface area contributed by atoms with Gasteiger partial charge in [-0.2, -0.15) is 0 Å². The van der Waals surface area contributed by atoms with E-state index in [1.807, 2.05) is 6.07 Å². The Balaban J connectivity index is 1.44. The van der Waals surface area contributed by atoms with E-state index in [9.17, 15) is 9.90 Å². The number of aliphatic hydroxyl groups is 1. The van der Waals surface area contributed by atoms with E-state index in [2.05, 4.69) is 41.0 Å². The van der Waals surface area contributed by atoms with Crippen molar-refractivity contribution in [3.8, 4) is 0 Å². The Morgan fingerprint density at radius 2 is 1.92 bits per heavy atom. The zero-order chi connectivity index (χ0) is 17.7. The van der Waals surface area contributed by atoms with Crippen LogP contribution < -0.4 is 0 Å². The van der Waals surface area contributed by atoms with Gasteiger partial charge in [0.2, 0.25) is 5.91 Å². The molecule has 0 bridgehead atoms. The Labute approximate surface area is 151 Å². The van der Waals surface area contributed by atoms with Gasteiger partial charge in [0.25, 0.3) is 0 Å². The van der Waals surface area contributed by atoms with E-state index in [0.29, 0.717) is 11.8 Å². The van der Waals surface area contributed by atoms with Crippen LogP contribution in [-0.4, -0.2) is 60.1 Å². The fraction of sp³-hybridized carbons (Fsp3) is 0.667. The number of nitrogens with zero attached hydrogens (tertiary/aromatic N) is 2. The van der Waals surface area contributed by atoms with E-state index in [4.69, 9.17) is 0 Å². The first-order valence-electron chi connectivity index (χ1n) is 9.75. The Bertz CT molecular complexity index is 552. The monoisotopic (exact) mass is 344 g/mol. The van der Waals surface area contributed by atoms with Gasteiger partial charge in [-0.05, 0) is 55.7 Å². The number of rotatable bonds is 7. The molecule has 2 fully saturated rings. The fourth-order valence-corrected chi connectivity index (χ4v) is 4.35. The van der Waals surface area contributed by atoms with Crippen LogP contribution in [0.4, 0.5) is 0 Å². The topological polar surface area (TPSA) is 43.8 Å². The van der Waals surface area contributed by atoms with Crippen LogP contribution in [0.1, 0.15) is 38.2 Å². The molecule has 138 valence electrons. The lowest BCUT2D eigenvalue weighted by molar-refractivity contribution is -0.127. The quantitative estimate of drug-likeness (QED) is 0.827. The van der Waals surface area contributed by atoms with E-state index < -0.39 is 0 Å². The molecule has 1 N–H and O–H groups in total. The maximum atomic E-state index is 12.5. The number of aliphatic hydroxyl groups excluding tert-OH is 1. The summed E-state index contributed by atoms with van der Waals surface area (Å²) in [6, 6.07) is 10.5. The number of benzene rings is 1. The average Bonchev–Trinajstić information content (AvgIpc) is 2.93. The summed E-state index contributed by atoms with van der Waals surface area (Å²) in [6.07, 6.45) is 5.07. The molecule has 2 saturated heterocycles. The highest BCUT2D eigenvalue weighted by atomic mass is 16.3. The average molecular weight is 344 g/mol. The number of hydrogen-bond donors (Lipinski definition) is 1.